The molecule has 0 saturated carbocycles. The van der Waals surface area contributed by atoms with E-state index in [2.05, 4.69) is 20.8 Å². The fraction of sp³-hybridized carbons (Fsp3) is 0.958. The van der Waals surface area contributed by atoms with Crippen LogP contribution in [0.25, 0.3) is 0 Å². The van der Waals surface area contributed by atoms with Gasteiger partial charge < -0.3 is 18.9 Å². The molecule has 0 radical (unpaired) electrons. The van der Waals surface area contributed by atoms with Gasteiger partial charge in [-0.15, -0.1) is 0 Å². The average Bonchev–Trinajstić information content (AvgIpc) is 3.45. The van der Waals surface area contributed by atoms with Crippen LogP contribution < -0.4 is 0 Å². The van der Waals surface area contributed by atoms with Gasteiger partial charge in [-0.2, -0.15) is 0 Å². The summed E-state index contributed by atoms with van der Waals surface area (Å²) in [6.07, 6.45) is 76.1. The summed E-state index contributed by atoms with van der Waals surface area (Å²) in [5.74, 6) is -0.916. The maximum absolute atomic E-state index is 13.1. The highest BCUT2D eigenvalue weighted by Crippen LogP contribution is 2.24. The highest BCUT2D eigenvalue weighted by molar-refractivity contribution is 5.70. The van der Waals surface area contributed by atoms with E-state index < -0.39 is 11.4 Å². The molecule has 0 saturated heterocycles. The number of ether oxygens (including phenoxy) is 4. The zero-order chi connectivity index (χ0) is 57.3. The number of hydrogen-bond donors (Lipinski definition) is 0. The molecule has 0 aliphatic carbocycles. The van der Waals surface area contributed by atoms with E-state index in [1.165, 1.54) is 322 Å². The molecule has 0 aromatic rings. The van der Waals surface area contributed by atoms with E-state index in [-0.39, 0.29) is 38.4 Å². The summed E-state index contributed by atoms with van der Waals surface area (Å²) in [4.78, 5) is 38.4. The minimum absolute atomic E-state index is 0.00995. The van der Waals surface area contributed by atoms with E-state index in [9.17, 15) is 14.4 Å². The topological polar surface area (TPSA) is 88.1 Å². The molecule has 0 heterocycles. The Bertz CT molecular complexity index is 1160. The van der Waals surface area contributed by atoms with Crippen molar-refractivity contribution in [3.8, 4) is 0 Å². The van der Waals surface area contributed by atoms with E-state index >= 15 is 0 Å². The SMILES string of the molecule is CCCCCCCCCCCCCCCCCCCCCOCC(COC(C)=O)(COC(=O)CCCCCCCCCCCCCCCCCCCCC)COC(=O)CCCCCCCCCCCCCCCCCCCCC. The van der Waals surface area contributed by atoms with Gasteiger partial charge in [-0.3, -0.25) is 14.4 Å². The van der Waals surface area contributed by atoms with Gasteiger partial charge in [0.1, 0.15) is 19.8 Å². The van der Waals surface area contributed by atoms with Gasteiger partial charge in [-0.25, -0.2) is 0 Å². The van der Waals surface area contributed by atoms with E-state index in [4.69, 9.17) is 18.9 Å². The molecule has 0 fully saturated rings. The molecule has 0 unspecified atom stereocenters. The van der Waals surface area contributed by atoms with Gasteiger partial charge in [0, 0.05) is 26.4 Å². The van der Waals surface area contributed by atoms with Crippen LogP contribution in [0.3, 0.4) is 0 Å². The fourth-order valence-electron chi connectivity index (χ4n) is 11.4. The lowest BCUT2D eigenvalue weighted by Crippen LogP contribution is -2.43. The van der Waals surface area contributed by atoms with Crippen LogP contribution in [0.4, 0.5) is 0 Å². The summed E-state index contributed by atoms with van der Waals surface area (Å²) >= 11 is 0. The van der Waals surface area contributed by atoms with Crippen LogP contribution in [0, 0.1) is 5.41 Å². The Morgan fingerprint density at radius 1 is 0.241 bits per heavy atom. The van der Waals surface area contributed by atoms with E-state index in [0.29, 0.717) is 19.4 Å². The van der Waals surface area contributed by atoms with Crippen LogP contribution in [0.2, 0.25) is 0 Å². The van der Waals surface area contributed by atoms with Crippen molar-refractivity contribution in [3.63, 3.8) is 0 Å². The third-order valence-corrected chi connectivity index (χ3v) is 16.9. The minimum Gasteiger partial charge on any atom is -0.465 e. The normalized spacial score (nSPS) is 11.7. The zero-order valence-electron chi connectivity index (χ0n) is 54.1. The zero-order valence-corrected chi connectivity index (χ0v) is 54.1. The maximum Gasteiger partial charge on any atom is 0.305 e. The molecular weight excluding hydrogens is 977 g/mol. The lowest BCUT2D eigenvalue weighted by Gasteiger charge is -2.32. The van der Waals surface area contributed by atoms with Crippen LogP contribution in [0.15, 0.2) is 0 Å². The van der Waals surface area contributed by atoms with Gasteiger partial charge in [0.05, 0.1) is 12.0 Å². The summed E-state index contributed by atoms with van der Waals surface area (Å²) in [7, 11) is 0. The maximum atomic E-state index is 13.1. The molecule has 0 aliphatic heterocycles. The van der Waals surface area contributed by atoms with Crippen molar-refractivity contribution in [1.82, 2.24) is 0 Å². The molecule has 0 bridgehead atoms. The largest absolute Gasteiger partial charge is 0.465 e. The Hall–Kier alpha value is -1.63. The van der Waals surface area contributed by atoms with E-state index in [1.54, 1.807) is 0 Å². The first-order valence-electron chi connectivity index (χ1n) is 35.9. The van der Waals surface area contributed by atoms with E-state index in [0.717, 1.165) is 51.4 Å². The number of unbranched alkanes of at least 4 members (excludes halogenated alkanes) is 54. The quantitative estimate of drug-likeness (QED) is 0.0341. The molecule has 0 N–H and O–H groups in total. The van der Waals surface area contributed by atoms with Crippen LogP contribution in [-0.4, -0.2) is 50.9 Å². The van der Waals surface area contributed by atoms with Crippen molar-refractivity contribution in [2.45, 2.75) is 407 Å². The first kappa shape index (κ1) is 77.4. The van der Waals surface area contributed by atoms with Gasteiger partial charge in [0.25, 0.3) is 0 Å². The second kappa shape index (κ2) is 65.5. The van der Waals surface area contributed by atoms with Gasteiger partial charge in [0.15, 0.2) is 0 Å². The van der Waals surface area contributed by atoms with Crippen molar-refractivity contribution in [3.05, 3.63) is 0 Å². The summed E-state index contributed by atoms with van der Waals surface area (Å²) in [5.41, 5.74) is -0.952. The Morgan fingerprint density at radius 2 is 0.430 bits per heavy atom. The van der Waals surface area contributed by atoms with E-state index in [1.807, 2.05) is 0 Å². The Kier molecular flexibility index (Phi) is 64.2. The number of esters is 3. The summed E-state index contributed by atoms with van der Waals surface area (Å²) in [5, 5.41) is 0. The molecule has 0 atom stereocenters. The first-order chi connectivity index (χ1) is 38.9. The predicted molar refractivity (Wildman–Crippen MR) is 341 cm³/mol. The molecule has 0 rings (SSSR count). The number of hydrogen-bond acceptors (Lipinski definition) is 7. The Labute approximate surface area is 494 Å². The summed E-state index contributed by atoms with van der Waals surface area (Å²) in [6.45, 7) is 8.98. The third kappa shape index (κ3) is 62.3. The van der Waals surface area contributed by atoms with Crippen molar-refractivity contribution in [1.29, 1.82) is 0 Å². The molecule has 0 spiro atoms. The van der Waals surface area contributed by atoms with Crippen LogP contribution in [0.1, 0.15) is 407 Å². The second-order valence-electron chi connectivity index (χ2n) is 25.2. The third-order valence-electron chi connectivity index (χ3n) is 16.9. The van der Waals surface area contributed by atoms with Crippen LogP contribution in [-0.2, 0) is 33.3 Å². The fourth-order valence-corrected chi connectivity index (χ4v) is 11.4. The van der Waals surface area contributed by atoms with Crippen molar-refractivity contribution in [2.75, 3.05) is 33.0 Å². The van der Waals surface area contributed by atoms with Gasteiger partial charge in [-0.1, -0.05) is 367 Å². The van der Waals surface area contributed by atoms with Crippen LogP contribution >= 0.6 is 0 Å². The van der Waals surface area contributed by atoms with Gasteiger partial charge >= 0.3 is 17.9 Å². The minimum atomic E-state index is -0.952. The first-order valence-corrected chi connectivity index (χ1v) is 35.9. The number of rotatable bonds is 68. The predicted octanol–water partition coefficient (Wildman–Crippen LogP) is 23.7. The highest BCUT2D eigenvalue weighted by Gasteiger charge is 2.36. The van der Waals surface area contributed by atoms with Gasteiger partial charge in [0.2, 0.25) is 0 Å². The summed E-state index contributed by atoms with van der Waals surface area (Å²) in [6, 6.07) is 0. The average molecular weight is 1120 g/mol. The molecule has 79 heavy (non-hydrogen) atoms. The highest BCUT2D eigenvalue weighted by atomic mass is 16.6. The molecule has 0 amide bonds. The monoisotopic (exact) mass is 1120 g/mol. The number of carbonyl (C=O) groups is 3. The second-order valence-corrected chi connectivity index (χ2v) is 25.2. The lowest BCUT2D eigenvalue weighted by molar-refractivity contribution is -0.166. The molecule has 0 aromatic heterocycles. The molecule has 0 aromatic carbocycles. The van der Waals surface area contributed by atoms with Gasteiger partial charge in [-0.05, 0) is 19.3 Å². The molecule has 0 aliphatic rings. The number of carbonyl (C=O) groups excluding carboxylic acids is 3. The van der Waals surface area contributed by atoms with Crippen LogP contribution in [0.5, 0.6) is 0 Å². The Morgan fingerprint density at radius 3 is 0.646 bits per heavy atom. The summed E-state index contributed by atoms with van der Waals surface area (Å²) < 4.78 is 23.7. The molecule has 470 valence electrons. The van der Waals surface area contributed by atoms with Crippen molar-refractivity contribution >= 4 is 17.9 Å². The smallest absolute Gasteiger partial charge is 0.305 e. The molecular formula is C72H140O7. The van der Waals surface area contributed by atoms with Crippen molar-refractivity contribution in [2.24, 2.45) is 5.41 Å². The Balaban J connectivity index is 4.63. The molecule has 7 heteroatoms. The standard InChI is InChI=1S/C72H140O7/c1-5-8-11-14-17-20-23-26-29-32-35-38-41-44-47-50-53-56-59-62-70(74)78-67-72(66-77-69(4)73,65-76-64-61-58-55-52-49-46-43-40-37-34-31-28-25-22-19-16-13-10-7-3)68-79-71(75)63-60-57-54-51-48-45-42-39-36-33-30-27-24-21-18-15-12-9-6-2/h5-68H2,1-4H3. The van der Waals surface area contributed by atoms with Crippen molar-refractivity contribution < 1.29 is 33.3 Å². The lowest BCUT2D eigenvalue weighted by atomic mass is 9.92. The molecule has 7 nitrogen and oxygen atoms in total.